The van der Waals surface area contributed by atoms with Gasteiger partial charge in [0.05, 0.1) is 31.0 Å². The molecule has 7 N–H and O–H groups in total. The summed E-state index contributed by atoms with van der Waals surface area (Å²) in [5, 5.41) is 76.0. The molecule has 17 heteroatoms. The highest BCUT2D eigenvalue weighted by Gasteiger charge is 2.69. The molecule has 364 valence electrons. The maximum Gasteiger partial charge on any atom is 0.302 e. The summed E-state index contributed by atoms with van der Waals surface area (Å²) in [4.78, 5) is 12.1. The molecule has 0 amide bonds. The summed E-state index contributed by atoms with van der Waals surface area (Å²) in [6.07, 6.45) is -11.0. The fourth-order valence-corrected chi connectivity index (χ4v) is 14.2. The topological polar surface area (TPSA) is 242 Å². The molecule has 5 aliphatic heterocycles. The van der Waals surface area contributed by atoms with Gasteiger partial charge in [-0.05, 0) is 106 Å². The zero-order valence-corrected chi connectivity index (χ0v) is 38.3. The van der Waals surface area contributed by atoms with E-state index in [0.717, 1.165) is 51.6 Å². The zero-order chi connectivity index (χ0) is 45.8. The van der Waals surface area contributed by atoms with Crippen molar-refractivity contribution >= 4 is 5.97 Å². The Hall–Kier alpha value is -1.39. The lowest BCUT2D eigenvalue weighted by Crippen LogP contribution is -2.66. The summed E-state index contributed by atoms with van der Waals surface area (Å²) >= 11 is 0. The Kier molecular flexibility index (Phi) is 13.3. The van der Waals surface area contributed by atoms with Gasteiger partial charge in [-0.3, -0.25) is 4.79 Å². The number of hydrogen-bond acceptors (Lipinski definition) is 17. The largest absolute Gasteiger partial charge is 0.463 e. The van der Waals surface area contributed by atoms with Gasteiger partial charge < -0.3 is 78.4 Å². The fraction of sp³-hybridized carbons (Fsp3) is 0.936. The van der Waals surface area contributed by atoms with Crippen molar-refractivity contribution in [1.82, 2.24) is 0 Å². The van der Waals surface area contributed by atoms with Gasteiger partial charge >= 0.3 is 5.97 Å². The van der Waals surface area contributed by atoms with Crippen LogP contribution in [0.15, 0.2) is 11.6 Å². The fourth-order valence-electron chi connectivity index (χ4n) is 14.2. The van der Waals surface area contributed by atoms with E-state index in [4.69, 9.17) is 42.6 Å². The molecule has 64 heavy (non-hydrogen) atoms. The molecule has 0 radical (unpaired) electrons. The molecule has 1 spiro atoms. The third kappa shape index (κ3) is 8.05. The van der Waals surface area contributed by atoms with E-state index in [-0.39, 0.29) is 23.0 Å². The lowest BCUT2D eigenvalue weighted by Gasteiger charge is -2.58. The van der Waals surface area contributed by atoms with Gasteiger partial charge in [0.2, 0.25) is 0 Å². The standard InChI is InChI=1S/C47H74O17/c1-20-10-15-47(57-18-20)21(2)32-30(64-47)17-29-27-9-8-25-16-26(11-13-45(25,6)28(27)12-14-46(29,32)7)60-44-41(63-43-38(54)36(52)34(50)23(4)59-43)39(55)40(31(61-44)19-56-24(5)48)62-42-37(53)35(51)33(49)22(3)58-42/h8,20-23,26-44,49-55H,9-19H2,1-7H3/t20-,21+,22+,23+,26+,27-,28+,29+,30+,31-,32+,33+,34+,35-,36-,37-,38-,39+,40-,41-,42+,43+,44-,45+,46+,47-/m1/s1. The molecule has 5 heterocycles. The predicted octanol–water partition coefficient (Wildman–Crippen LogP) is 1.81. The predicted molar refractivity (Wildman–Crippen MR) is 222 cm³/mol. The summed E-state index contributed by atoms with van der Waals surface area (Å²) in [6, 6.07) is 0. The lowest BCUT2D eigenvalue weighted by molar-refractivity contribution is -0.388. The first kappa shape index (κ1) is 47.7. The van der Waals surface area contributed by atoms with E-state index in [1.165, 1.54) is 26.3 Å². The number of hydrogen-bond donors (Lipinski definition) is 7. The van der Waals surface area contributed by atoms with E-state index >= 15 is 0 Å². The van der Waals surface area contributed by atoms with Crippen LogP contribution in [0, 0.1) is 46.3 Å². The van der Waals surface area contributed by atoms with Crippen LogP contribution < -0.4 is 0 Å². The Balaban J connectivity index is 0.938. The second kappa shape index (κ2) is 17.8. The van der Waals surface area contributed by atoms with Gasteiger partial charge in [0.15, 0.2) is 24.7 Å². The zero-order valence-electron chi connectivity index (χ0n) is 38.3. The molecule has 0 aromatic heterocycles. The molecule has 9 rings (SSSR count). The van der Waals surface area contributed by atoms with Crippen LogP contribution in [0.1, 0.15) is 106 Å². The van der Waals surface area contributed by atoms with E-state index in [9.17, 15) is 40.5 Å². The Bertz CT molecular complexity index is 1710. The minimum atomic E-state index is -1.74. The van der Waals surface area contributed by atoms with Crippen molar-refractivity contribution in [2.24, 2.45) is 46.3 Å². The number of carbonyl (C=O) groups is 1. The van der Waals surface area contributed by atoms with Crippen LogP contribution in [0.25, 0.3) is 0 Å². The molecule has 0 aromatic rings. The number of esters is 1. The average molecular weight is 911 g/mol. The van der Waals surface area contributed by atoms with Crippen LogP contribution in [-0.2, 0) is 47.4 Å². The molecule has 0 aromatic carbocycles. The second-order valence-corrected chi connectivity index (χ2v) is 21.7. The van der Waals surface area contributed by atoms with Crippen LogP contribution in [0.5, 0.6) is 0 Å². The SMILES string of the molecule is CC(=O)OC[C@H]1O[C@@H](O[C@H]2CC[C@@]3(C)C(=CC[C@H]4[C@@H]5C[C@@H]6O[C@]7(CC[C@@H](C)CO7)[C@@H](C)[C@@H]6[C@@]5(C)CC[C@@H]43)C2)[C@H](O[C@@H]2O[C@@H](C)[C@H](O)[C@@H](O)[C@H]2O)[C@@H](O)[C@@H]1O[C@@H]1O[C@@H](C)[C@H](O)[C@@H](O)[C@H]1O. The summed E-state index contributed by atoms with van der Waals surface area (Å²) in [5.41, 5.74) is 1.48. The number of carbonyl (C=O) groups excluding carboxylic acids is 1. The quantitative estimate of drug-likeness (QED) is 0.136. The maximum absolute atomic E-state index is 12.2. The van der Waals surface area contributed by atoms with Crippen molar-refractivity contribution in [3.05, 3.63) is 11.6 Å². The van der Waals surface area contributed by atoms with Gasteiger partial charge in [-0.15, -0.1) is 0 Å². The van der Waals surface area contributed by atoms with Gasteiger partial charge in [-0.25, -0.2) is 0 Å². The molecule has 4 aliphatic carbocycles. The highest BCUT2D eigenvalue weighted by molar-refractivity contribution is 5.65. The van der Waals surface area contributed by atoms with Gasteiger partial charge in [-0.2, -0.15) is 0 Å². The van der Waals surface area contributed by atoms with Gasteiger partial charge in [0, 0.05) is 19.3 Å². The summed E-state index contributed by atoms with van der Waals surface area (Å²) in [7, 11) is 0. The highest BCUT2D eigenvalue weighted by Crippen LogP contribution is 2.70. The molecule has 0 unspecified atom stereocenters. The Morgan fingerprint density at radius 1 is 0.734 bits per heavy atom. The van der Waals surface area contributed by atoms with Crippen molar-refractivity contribution in [1.29, 1.82) is 0 Å². The molecule has 9 aliphatic rings. The molecular formula is C47H74O17. The van der Waals surface area contributed by atoms with Crippen LogP contribution >= 0.6 is 0 Å². The minimum Gasteiger partial charge on any atom is -0.463 e. The van der Waals surface area contributed by atoms with Gasteiger partial charge in [-0.1, -0.05) is 39.3 Å². The first-order chi connectivity index (χ1) is 30.3. The van der Waals surface area contributed by atoms with Crippen LogP contribution in [-0.4, -0.2) is 165 Å². The smallest absolute Gasteiger partial charge is 0.302 e. The third-order valence-electron chi connectivity index (χ3n) is 17.9. The number of allylic oxidation sites excluding steroid dienone is 1. The van der Waals surface area contributed by atoms with E-state index < -0.39 is 110 Å². The first-order valence-corrected chi connectivity index (χ1v) is 24.1. The Morgan fingerprint density at radius 3 is 2.02 bits per heavy atom. The van der Waals surface area contributed by atoms with E-state index in [1.54, 1.807) is 0 Å². The number of ether oxygens (including phenoxy) is 9. The number of aliphatic hydroxyl groups excluding tert-OH is 7. The summed E-state index contributed by atoms with van der Waals surface area (Å²) < 4.78 is 56.0. The number of rotatable bonds is 8. The third-order valence-corrected chi connectivity index (χ3v) is 17.9. The average Bonchev–Trinajstić information content (AvgIpc) is 3.71. The minimum absolute atomic E-state index is 0.0406. The van der Waals surface area contributed by atoms with E-state index in [2.05, 4.69) is 33.8 Å². The Labute approximate surface area is 376 Å². The van der Waals surface area contributed by atoms with Crippen molar-refractivity contribution < 1.29 is 83.2 Å². The lowest BCUT2D eigenvalue weighted by atomic mass is 9.47. The molecule has 0 bridgehead atoms. The van der Waals surface area contributed by atoms with Crippen molar-refractivity contribution in [3.63, 3.8) is 0 Å². The molecule has 3 saturated carbocycles. The molecule has 17 nitrogen and oxygen atoms in total. The van der Waals surface area contributed by atoms with Gasteiger partial charge in [0.25, 0.3) is 0 Å². The van der Waals surface area contributed by atoms with Crippen LogP contribution in [0.2, 0.25) is 0 Å². The molecular weight excluding hydrogens is 837 g/mol. The normalized spacial score (nSPS) is 56.1. The molecule has 5 saturated heterocycles. The summed E-state index contributed by atoms with van der Waals surface area (Å²) in [5.74, 6) is 1.92. The van der Waals surface area contributed by atoms with Gasteiger partial charge in [0.1, 0.15) is 67.6 Å². The van der Waals surface area contributed by atoms with E-state index in [0.29, 0.717) is 48.3 Å². The summed E-state index contributed by atoms with van der Waals surface area (Å²) in [6.45, 7) is 14.2. The maximum atomic E-state index is 12.2. The van der Waals surface area contributed by atoms with Crippen molar-refractivity contribution in [2.75, 3.05) is 13.2 Å². The number of fused-ring (bicyclic) bond motifs is 7. The van der Waals surface area contributed by atoms with E-state index in [1.807, 2.05) is 0 Å². The number of aliphatic hydroxyl groups is 7. The van der Waals surface area contributed by atoms with Crippen LogP contribution in [0.4, 0.5) is 0 Å². The van der Waals surface area contributed by atoms with Crippen molar-refractivity contribution in [2.45, 2.75) is 216 Å². The highest BCUT2D eigenvalue weighted by atomic mass is 16.8. The molecule has 8 fully saturated rings. The Morgan fingerprint density at radius 2 is 1.39 bits per heavy atom. The second-order valence-electron chi connectivity index (χ2n) is 21.7. The monoisotopic (exact) mass is 910 g/mol. The molecule has 26 atom stereocenters. The van der Waals surface area contributed by atoms with Crippen LogP contribution in [0.3, 0.4) is 0 Å². The first-order valence-electron chi connectivity index (χ1n) is 24.1. The van der Waals surface area contributed by atoms with Crippen molar-refractivity contribution in [3.8, 4) is 0 Å².